The van der Waals surface area contributed by atoms with Crippen molar-refractivity contribution in [3.8, 4) is 0 Å². The van der Waals surface area contributed by atoms with Crippen LogP contribution in [0.2, 0.25) is 0 Å². The van der Waals surface area contributed by atoms with Crippen LogP contribution in [-0.2, 0) is 4.79 Å². The van der Waals surface area contributed by atoms with Gasteiger partial charge in [-0.2, -0.15) is 0 Å². The number of carbonyl (C=O) groups is 1. The highest BCUT2D eigenvalue weighted by Crippen LogP contribution is 2.19. The van der Waals surface area contributed by atoms with Crippen LogP contribution in [0.1, 0.15) is 13.8 Å². The lowest BCUT2D eigenvalue weighted by atomic mass is 10.0. The molecule has 0 unspecified atom stereocenters. The summed E-state index contributed by atoms with van der Waals surface area (Å²) < 4.78 is 0. The van der Waals surface area contributed by atoms with Crippen LogP contribution in [0.25, 0.3) is 0 Å². The lowest BCUT2D eigenvalue weighted by Crippen LogP contribution is -2.39. The minimum atomic E-state index is -0.233. The summed E-state index contributed by atoms with van der Waals surface area (Å²) in [5.74, 6) is -0.233. The second-order valence-electron chi connectivity index (χ2n) is 4.18. The van der Waals surface area contributed by atoms with Crippen LogP contribution < -0.4 is 10.6 Å². The minimum Gasteiger partial charge on any atom is -0.350 e. The van der Waals surface area contributed by atoms with Crippen molar-refractivity contribution in [3.63, 3.8) is 0 Å². The van der Waals surface area contributed by atoms with Crippen LogP contribution in [0.15, 0.2) is 72.3 Å². The molecule has 1 aliphatic heterocycles. The predicted molar refractivity (Wildman–Crippen MR) is 75.4 cm³/mol. The molecule has 0 bridgehead atoms. The molecule has 0 saturated carbocycles. The van der Waals surface area contributed by atoms with Gasteiger partial charge in [0, 0.05) is 0 Å². The van der Waals surface area contributed by atoms with Crippen molar-refractivity contribution in [3.05, 3.63) is 72.3 Å². The molecule has 0 aromatic heterocycles. The van der Waals surface area contributed by atoms with E-state index in [0.717, 1.165) is 16.7 Å². The predicted octanol–water partition coefficient (Wildman–Crippen LogP) is 2.70. The molecule has 1 amide bonds. The third-order valence-electron chi connectivity index (χ3n) is 2.64. The third-order valence-corrected chi connectivity index (χ3v) is 2.64. The van der Waals surface area contributed by atoms with E-state index in [1.165, 1.54) is 0 Å². The van der Waals surface area contributed by atoms with Crippen molar-refractivity contribution in [2.45, 2.75) is 13.8 Å². The van der Waals surface area contributed by atoms with Crippen LogP contribution in [0.3, 0.4) is 0 Å². The lowest BCUT2D eigenvalue weighted by molar-refractivity contribution is -0.117. The summed E-state index contributed by atoms with van der Waals surface area (Å²) in [7, 11) is 0. The largest absolute Gasteiger partial charge is 0.350 e. The Kier molecular flexibility index (Phi) is 4.10. The molecule has 0 atom stereocenters. The molecule has 3 heteroatoms. The fraction of sp³-hybridized carbons (Fsp3) is 0.133. The number of hydrogen-bond donors (Lipinski definition) is 2. The molecular formula is C15H18N2O. The average Bonchev–Trinajstić information content (AvgIpc) is 2.30. The van der Waals surface area contributed by atoms with Gasteiger partial charge in [0.1, 0.15) is 5.70 Å². The van der Waals surface area contributed by atoms with Crippen LogP contribution in [0.5, 0.6) is 0 Å². The van der Waals surface area contributed by atoms with E-state index in [9.17, 15) is 4.79 Å². The van der Waals surface area contributed by atoms with Crippen LogP contribution in [0, 0.1) is 0 Å². The van der Waals surface area contributed by atoms with E-state index in [4.69, 9.17) is 0 Å². The van der Waals surface area contributed by atoms with E-state index in [1.807, 2.05) is 13.8 Å². The quantitative estimate of drug-likeness (QED) is 0.590. The second-order valence-corrected chi connectivity index (χ2v) is 4.18. The standard InChI is InChI=1S/C15H18N2O/c1-7-10(4)13(9(2)3)8-14-15(18)17-12(6)11(5)16-14/h7-8,16H,1-2,5-6H2,3-4H3,(H,17,18)/b13-10-,14-8-. The molecule has 0 aromatic carbocycles. The topological polar surface area (TPSA) is 41.1 Å². The van der Waals surface area contributed by atoms with Gasteiger partial charge in [-0.3, -0.25) is 4.79 Å². The number of piperazine rings is 1. The number of rotatable bonds is 3. The zero-order valence-electron chi connectivity index (χ0n) is 10.9. The normalized spacial score (nSPS) is 19.0. The first-order valence-corrected chi connectivity index (χ1v) is 5.54. The maximum Gasteiger partial charge on any atom is 0.272 e. The maximum atomic E-state index is 11.8. The molecule has 0 aliphatic carbocycles. The molecule has 1 rings (SSSR count). The first kappa shape index (κ1) is 13.8. The van der Waals surface area contributed by atoms with Gasteiger partial charge in [-0.25, -0.2) is 0 Å². The van der Waals surface area contributed by atoms with Crippen molar-refractivity contribution >= 4 is 5.91 Å². The number of hydrogen-bond acceptors (Lipinski definition) is 2. The fourth-order valence-electron chi connectivity index (χ4n) is 1.50. The first-order chi connectivity index (χ1) is 8.36. The molecule has 94 valence electrons. The zero-order valence-corrected chi connectivity index (χ0v) is 10.9. The number of amides is 1. The van der Waals surface area contributed by atoms with Crippen molar-refractivity contribution in [2.24, 2.45) is 0 Å². The van der Waals surface area contributed by atoms with E-state index in [2.05, 4.69) is 36.9 Å². The summed E-state index contributed by atoms with van der Waals surface area (Å²) in [6, 6.07) is 0. The van der Waals surface area contributed by atoms with Crippen molar-refractivity contribution in [1.82, 2.24) is 10.6 Å². The summed E-state index contributed by atoms with van der Waals surface area (Å²) in [4.78, 5) is 11.8. The Labute approximate surface area is 108 Å². The van der Waals surface area contributed by atoms with Crippen LogP contribution >= 0.6 is 0 Å². The van der Waals surface area contributed by atoms with Gasteiger partial charge in [-0.1, -0.05) is 38.0 Å². The van der Waals surface area contributed by atoms with Crippen LogP contribution in [0.4, 0.5) is 0 Å². The summed E-state index contributed by atoms with van der Waals surface area (Å²) in [5, 5.41) is 5.56. The number of nitrogens with one attached hydrogen (secondary N) is 2. The Hall–Kier alpha value is -2.29. The molecule has 0 radical (unpaired) electrons. The van der Waals surface area contributed by atoms with Gasteiger partial charge in [-0.15, -0.1) is 0 Å². The summed E-state index contributed by atoms with van der Waals surface area (Å²) in [6.45, 7) is 18.9. The molecule has 2 N–H and O–H groups in total. The molecule has 18 heavy (non-hydrogen) atoms. The molecular weight excluding hydrogens is 224 g/mol. The molecule has 3 nitrogen and oxygen atoms in total. The molecule has 1 aliphatic rings. The van der Waals surface area contributed by atoms with E-state index in [-0.39, 0.29) is 5.91 Å². The Morgan fingerprint density at radius 1 is 1.17 bits per heavy atom. The van der Waals surface area contributed by atoms with Crippen LogP contribution in [-0.4, -0.2) is 5.91 Å². The molecule has 0 spiro atoms. The summed E-state index contributed by atoms with van der Waals surface area (Å²) in [6.07, 6.45) is 3.47. The highest BCUT2D eigenvalue weighted by Gasteiger charge is 2.19. The van der Waals surface area contributed by atoms with Crippen molar-refractivity contribution in [2.75, 3.05) is 0 Å². The van der Waals surface area contributed by atoms with E-state index < -0.39 is 0 Å². The molecule has 1 heterocycles. The van der Waals surface area contributed by atoms with Gasteiger partial charge in [-0.05, 0) is 31.1 Å². The SMILES string of the molecule is C=C/C(C)=C(/C=C1\NC(=C)C(=C)NC1=O)C(=C)C. The monoisotopic (exact) mass is 242 g/mol. The third kappa shape index (κ3) is 2.88. The van der Waals surface area contributed by atoms with E-state index in [1.54, 1.807) is 12.2 Å². The second kappa shape index (κ2) is 5.36. The minimum absolute atomic E-state index is 0.233. The van der Waals surface area contributed by atoms with E-state index in [0.29, 0.717) is 17.1 Å². The smallest absolute Gasteiger partial charge is 0.272 e. The number of allylic oxidation sites excluding steroid dienone is 5. The Bertz CT molecular complexity index is 519. The highest BCUT2D eigenvalue weighted by molar-refractivity contribution is 5.97. The molecule has 1 saturated heterocycles. The Balaban J connectivity index is 3.19. The molecule has 0 aromatic rings. The van der Waals surface area contributed by atoms with E-state index >= 15 is 0 Å². The van der Waals surface area contributed by atoms with Crippen molar-refractivity contribution < 1.29 is 4.79 Å². The molecule has 1 fully saturated rings. The lowest BCUT2D eigenvalue weighted by Gasteiger charge is -2.22. The van der Waals surface area contributed by atoms with Gasteiger partial charge in [0.15, 0.2) is 0 Å². The summed E-state index contributed by atoms with van der Waals surface area (Å²) in [5.41, 5.74) is 4.19. The fourth-order valence-corrected chi connectivity index (χ4v) is 1.50. The first-order valence-electron chi connectivity index (χ1n) is 5.54. The van der Waals surface area contributed by atoms with Gasteiger partial charge in [0.25, 0.3) is 5.91 Å². The number of carbonyl (C=O) groups excluding carboxylic acids is 1. The van der Waals surface area contributed by atoms with Gasteiger partial charge >= 0.3 is 0 Å². The van der Waals surface area contributed by atoms with Gasteiger partial charge < -0.3 is 10.6 Å². The zero-order chi connectivity index (χ0) is 13.9. The Morgan fingerprint density at radius 3 is 2.22 bits per heavy atom. The highest BCUT2D eigenvalue weighted by atomic mass is 16.2. The summed E-state index contributed by atoms with van der Waals surface area (Å²) >= 11 is 0. The van der Waals surface area contributed by atoms with Gasteiger partial charge in [0.05, 0.1) is 11.4 Å². The Morgan fingerprint density at radius 2 is 1.72 bits per heavy atom. The van der Waals surface area contributed by atoms with Crippen molar-refractivity contribution in [1.29, 1.82) is 0 Å². The average molecular weight is 242 g/mol. The van der Waals surface area contributed by atoms with Gasteiger partial charge in [0.2, 0.25) is 0 Å². The maximum absolute atomic E-state index is 11.8.